The first-order chi connectivity index (χ1) is 9.79. The van der Waals surface area contributed by atoms with Crippen molar-refractivity contribution in [3.8, 4) is 0 Å². The molecule has 0 aliphatic rings. The molecule has 0 spiro atoms. The zero-order valence-electron chi connectivity index (χ0n) is 12.3. The molecule has 0 aliphatic heterocycles. The standard InChI is InChI=1S/C15H20N2O4/c1-9(15(20)21)8-12-4-6-13(7-5-12)17-14(19)10(2)16-11(3)18/h4-7,9-10H,8H2,1-3H3,(H,16,18)(H,17,19)(H,20,21). The van der Waals surface area contributed by atoms with Crippen LogP contribution in [0.4, 0.5) is 5.69 Å². The molecule has 6 heteroatoms. The largest absolute Gasteiger partial charge is 0.481 e. The summed E-state index contributed by atoms with van der Waals surface area (Å²) in [6, 6.07) is 6.36. The molecule has 2 amide bonds. The number of benzene rings is 1. The highest BCUT2D eigenvalue weighted by atomic mass is 16.4. The number of hydrogen-bond acceptors (Lipinski definition) is 3. The second-order valence-electron chi connectivity index (χ2n) is 5.05. The molecule has 114 valence electrons. The second-order valence-corrected chi connectivity index (χ2v) is 5.05. The number of amides is 2. The van der Waals surface area contributed by atoms with Crippen LogP contribution in [0.3, 0.4) is 0 Å². The molecule has 0 aromatic heterocycles. The highest BCUT2D eigenvalue weighted by molar-refractivity contribution is 5.96. The van der Waals surface area contributed by atoms with E-state index in [4.69, 9.17) is 5.11 Å². The van der Waals surface area contributed by atoms with Gasteiger partial charge in [0.05, 0.1) is 5.92 Å². The van der Waals surface area contributed by atoms with E-state index in [9.17, 15) is 14.4 Å². The Balaban J connectivity index is 2.60. The van der Waals surface area contributed by atoms with E-state index < -0.39 is 17.9 Å². The molecule has 3 N–H and O–H groups in total. The number of carboxylic acids is 1. The van der Waals surface area contributed by atoms with Crippen molar-refractivity contribution >= 4 is 23.5 Å². The van der Waals surface area contributed by atoms with E-state index >= 15 is 0 Å². The van der Waals surface area contributed by atoms with Crippen LogP contribution in [0.1, 0.15) is 26.3 Å². The average molecular weight is 292 g/mol. The summed E-state index contributed by atoms with van der Waals surface area (Å²) in [6.45, 7) is 4.59. The number of carboxylic acid groups (broad SMARTS) is 1. The summed E-state index contributed by atoms with van der Waals surface area (Å²) in [6.07, 6.45) is 0.436. The maximum absolute atomic E-state index is 11.8. The number of carbonyl (C=O) groups excluding carboxylic acids is 2. The summed E-state index contributed by atoms with van der Waals surface area (Å²) < 4.78 is 0. The number of hydrogen-bond donors (Lipinski definition) is 3. The van der Waals surface area contributed by atoms with Crippen molar-refractivity contribution in [2.45, 2.75) is 33.2 Å². The van der Waals surface area contributed by atoms with Crippen molar-refractivity contribution in [1.82, 2.24) is 5.32 Å². The van der Waals surface area contributed by atoms with Crippen molar-refractivity contribution in [2.75, 3.05) is 5.32 Å². The topological polar surface area (TPSA) is 95.5 Å². The second kappa shape index (κ2) is 7.42. The van der Waals surface area contributed by atoms with Gasteiger partial charge < -0.3 is 15.7 Å². The van der Waals surface area contributed by atoms with Crippen LogP contribution in [-0.2, 0) is 20.8 Å². The third-order valence-corrected chi connectivity index (χ3v) is 3.00. The number of anilines is 1. The molecule has 0 bridgehead atoms. The molecular formula is C15H20N2O4. The molecule has 0 heterocycles. The molecular weight excluding hydrogens is 272 g/mol. The Morgan fingerprint density at radius 1 is 1.14 bits per heavy atom. The summed E-state index contributed by atoms with van der Waals surface area (Å²) in [5, 5.41) is 14.0. The SMILES string of the molecule is CC(=O)NC(C)C(=O)Nc1ccc(CC(C)C(=O)O)cc1. The van der Waals surface area contributed by atoms with E-state index in [0.717, 1.165) is 5.56 Å². The highest BCUT2D eigenvalue weighted by Gasteiger charge is 2.14. The van der Waals surface area contributed by atoms with Crippen LogP contribution in [-0.4, -0.2) is 28.9 Å². The minimum absolute atomic E-state index is 0.268. The molecule has 0 saturated carbocycles. The minimum Gasteiger partial charge on any atom is -0.481 e. The fraction of sp³-hybridized carbons (Fsp3) is 0.400. The Kier molecular flexibility index (Phi) is 5.90. The zero-order chi connectivity index (χ0) is 16.0. The molecule has 0 aliphatic carbocycles. The summed E-state index contributed by atoms with van der Waals surface area (Å²) in [5.41, 5.74) is 1.49. The quantitative estimate of drug-likeness (QED) is 0.738. The van der Waals surface area contributed by atoms with Gasteiger partial charge in [-0.25, -0.2) is 0 Å². The zero-order valence-corrected chi connectivity index (χ0v) is 12.3. The molecule has 21 heavy (non-hydrogen) atoms. The number of carbonyl (C=O) groups is 3. The molecule has 2 unspecified atom stereocenters. The lowest BCUT2D eigenvalue weighted by Crippen LogP contribution is -2.40. The molecule has 0 saturated heterocycles. The fourth-order valence-corrected chi connectivity index (χ4v) is 1.79. The number of nitrogens with one attached hydrogen (secondary N) is 2. The van der Waals surface area contributed by atoms with E-state index in [1.807, 2.05) is 0 Å². The maximum atomic E-state index is 11.8. The first kappa shape index (κ1) is 16.7. The van der Waals surface area contributed by atoms with E-state index in [1.165, 1.54) is 6.92 Å². The molecule has 0 radical (unpaired) electrons. The first-order valence-corrected chi connectivity index (χ1v) is 6.69. The van der Waals surface area contributed by atoms with Crippen molar-refractivity contribution in [3.05, 3.63) is 29.8 Å². The molecule has 2 atom stereocenters. The Morgan fingerprint density at radius 3 is 2.19 bits per heavy atom. The van der Waals surface area contributed by atoms with Gasteiger partial charge in [0.2, 0.25) is 11.8 Å². The predicted molar refractivity (Wildman–Crippen MR) is 78.9 cm³/mol. The predicted octanol–water partition coefficient (Wildman–Crippen LogP) is 1.41. The van der Waals surface area contributed by atoms with Crippen LogP contribution in [0.25, 0.3) is 0 Å². The van der Waals surface area contributed by atoms with Crippen LogP contribution in [0, 0.1) is 5.92 Å². The summed E-state index contributed by atoms with van der Waals surface area (Å²) in [5.74, 6) is -1.87. The van der Waals surface area contributed by atoms with Crippen LogP contribution in [0.5, 0.6) is 0 Å². The molecule has 1 aromatic carbocycles. The molecule has 0 fully saturated rings. The lowest BCUT2D eigenvalue weighted by atomic mass is 10.0. The van der Waals surface area contributed by atoms with E-state index in [0.29, 0.717) is 12.1 Å². The molecule has 6 nitrogen and oxygen atoms in total. The summed E-state index contributed by atoms with van der Waals surface area (Å²) in [7, 11) is 0. The average Bonchev–Trinajstić information content (AvgIpc) is 2.39. The van der Waals surface area contributed by atoms with Crippen LogP contribution in [0.2, 0.25) is 0 Å². The fourth-order valence-electron chi connectivity index (χ4n) is 1.79. The highest BCUT2D eigenvalue weighted by Crippen LogP contribution is 2.13. The Bertz CT molecular complexity index is 525. The van der Waals surface area contributed by atoms with E-state index in [2.05, 4.69) is 10.6 Å². The van der Waals surface area contributed by atoms with Gasteiger partial charge in [0.15, 0.2) is 0 Å². The van der Waals surface area contributed by atoms with Gasteiger partial charge in [-0.05, 0) is 31.0 Å². The summed E-state index contributed by atoms with van der Waals surface area (Å²) in [4.78, 5) is 33.5. The van der Waals surface area contributed by atoms with Gasteiger partial charge in [0.1, 0.15) is 6.04 Å². The van der Waals surface area contributed by atoms with Crippen LogP contribution >= 0.6 is 0 Å². The normalized spacial score (nSPS) is 13.1. The minimum atomic E-state index is -0.837. The van der Waals surface area contributed by atoms with E-state index in [1.54, 1.807) is 38.1 Å². The van der Waals surface area contributed by atoms with Gasteiger partial charge in [0, 0.05) is 12.6 Å². The third-order valence-electron chi connectivity index (χ3n) is 3.00. The van der Waals surface area contributed by atoms with Crippen molar-refractivity contribution < 1.29 is 19.5 Å². The number of aliphatic carboxylic acids is 1. The Hall–Kier alpha value is -2.37. The monoisotopic (exact) mass is 292 g/mol. The molecule has 1 aromatic rings. The van der Waals surface area contributed by atoms with Crippen molar-refractivity contribution in [3.63, 3.8) is 0 Å². The van der Waals surface area contributed by atoms with Gasteiger partial charge in [0.25, 0.3) is 0 Å². The first-order valence-electron chi connectivity index (χ1n) is 6.69. The Labute approximate surface area is 123 Å². The van der Waals surface area contributed by atoms with Gasteiger partial charge in [-0.15, -0.1) is 0 Å². The van der Waals surface area contributed by atoms with Crippen molar-refractivity contribution in [1.29, 1.82) is 0 Å². The maximum Gasteiger partial charge on any atom is 0.306 e. The van der Waals surface area contributed by atoms with Crippen LogP contribution in [0.15, 0.2) is 24.3 Å². The van der Waals surface area contributed by atoms with Crippen molar-refractivity contribution in [2.24, 2.45) is 5.92 Å². The number of rotatable bonds is 6. The van der Waals surface area contributed by atoms with E-state index in [-0.39, 0.29) is 11.8 Å². The van der Waals surface area contributed by atoms with Gasteiger partial charge in [-0.2, -0.15) is 0 Å². The smallest absolute Gasteiger partial charge is 0.306 e. The third kappa shape index (κ3) is 5.64. The van der Waals surface area contributed by atoms with Crippen LogP contribution < -0.4 is 10.6 Å². The lowest BCUT2D eigenvalue weighted by molar-refractivity contribution is -0.141. The van der Waals surface area contributed by atoms with Gasteiger partial charge in [-0.1, -0.05) is 19.1 Å². The van der Waals surface area contributed by atoms with Gasteiger partial charge >= 0.3 is 5.97 Å². The Morgan fingerprint density at radius 2 is 1.71 bits per heavy atom. The van der Waals surface area contributed by atoms with Gasteiger partial charge in [-0.3, -0.25) is 14.4 Å². The molecule has 1 rings (SSSR count). The summed E-state index contributed by atoms with van der Waals surface area (Å²) >= 11 is 0. The lowest BCUT2D eigenvalue weighted by Gasteiger charge is -2.13.